The molecule has 1 atom stereocenters. The van der Waals surface area contributed by atoms with Gasteiger partial charge in [0.05, 0.1) is 0 Å². The van der Waals surface area contributed by atoms with Gasteiger partial charge in [0.15, 0.2) is 0 Å². The van der Waals surface area contributed by atoms with Crippen LogP contribution in [0.5, 0.6) is 0 Å². The molecule has 0 amide bonds. The molecule has 3 heteroatoms. The number of hydrogen-bond donors (Lipinski definition) is 1. The highest BCUT2D eigenvalue weighted by molar-refractivity contribution is 6.33. The lowest BCUT2D eigenvalue weighted by Crippen LogP contribution is -2.15. The maximum atomic E-state index is 6.21. The molecule has 1 unspecified atom stereocenters. The zero-order valence-electron chi connectivity index (χ0n) is 10.9. The third-order valence-corrected chi connectivity index (χ3v) is 3.91. The molecule has 2 N–H and O–H groups in total. The molecular formula is C16H17Cl2N. The van der Waals surface area contributed by atoms with Crippen molar-refractivity contribution in [1.29, 1.82) is 0 Å². The van der Waals surface area contributed by atoms with Crippen LogP contribution in [0.3, 0.4) is 0 Å². The van der Waals surface area contributed by atoms with Crippen LogP contribution in [-0.2, 0) is 6.42 Å². The topological polar surface area (TPSA) is 26.0 Å². The molecule has 2 aromatic carbocycles. The minimum Gasteiger partial charge on any atom is -0.330 e. The van der Waals surface area contributed by atoms with Gasteiger partial charge in [-0.3, -0.25) is 0 Å². The lowest BCUT2D eigenvalue weighted by Gasteiger charge is -2.16. The predicted octanol–water partition coefficient (Wildman–Crippen LogP) is 4.59. The second kappa shape index (κ2) is 6.42. The summed E-state index contributed by atoms with van der Waals surface area (Å²) in [6.07, 6.45) is 0.805. The lowest BCUT2D eigenvalue weighted by molar-refractivity contribution is 0.694. The Morgan fingerprint density at radius 3 is 2.37 bits per heavy atom. The summed E-state index contributed by atoms with van der Waals surface area (Å²) in [5, 5.41) is 1.45. The van der Waals surface area contributed by atoms with E-state index in [1.807, 2.05) is 12.1 Å². The molecule has 0 aromatic heterocycles. The first-order valence-electron chi connectivity index (χ1n) is 6.30. The van der Waals surface area contributed by atoms with Crippen molar-refractivity contribution in [1.82, 2.24) is 0 Å². The largest absolute Gasteiger partial charge is 0.330 e. The fraction of sp³-hybridized carbons (Fsp3) is 0.250. The Labute approximate surface area is 124 Å². The van der Waals surface area contributed by atoms with Gasteiger partial charge in [0.25, 0.3) is 0 Å². The van der Waals surface area contributed by atoms with Crippen LogP contribution < -0.4 is 5.73 Å². The van der Waals surface area contributed by atoms with Crippen LogP contribution in [0.25, 0.3) is 0 Å². The summed E-state index contributed by atoms with van der Waals surface area (Å²) in [4.78, 5) is 0. The van der Waals surface area contributed by atoms with Crippen LogP contribution in [-0.4, -0.2) is 6.54 Å². The molecular weight excluding hydrogens is 277 g/mol. The molecule has 2 aromatic rings. The van der Waals surface area contributed by atoms with Crippen LogP contribution in [0.1, 0.15) is 22.6 Å². The van der Waals surface area contributed by atoms with Crippen LogP contribution in [0.4, 0.5) is 0 Å². The maximum absolute atomic E-state index is 6.21. The zero-order chi connectivity index (χ0) is 13.8. The van der Waals surface area contributed by atoms with E-state index in [1.165, 1.54) is 11.1 Å². The van der Waals surface area contributed by atoms with Gasteiger partial charge in [-0.1, -0.05) is 53.0 Å². The molecule has 0 saturated carbocycles. The molecule has 2 rings (SSSR count). The van der Waals surface area contributed by atoms with Gasteiger partial charge >= 0.3 is 0 Å². The summed E-state index contributed by atoms with van der Waals surface area (Å²) in [7, 11) is 0. The van der Waals surface area contributed by atoms with Gasteiger partial charge in [0.2, 0.25) is 0 Å². The van der Waals surface area contributed by atoms with Gasteiger partial charge in [0, 0.05) is 16.0 Å². The molecule has 100 valence electrons. The van der Waals surface area contributed by atoms with Gasteiger partial charge in [-0.2, -0.15) is 0 Å². The quantitative estimate of drug-likeness (QED) is 0.877. The van der Waals surface area contributed by atoms with E-state index >= 15 is 0 Å². The van der Waals surface area contributed by atoms with Crippen LogP contribution in [0.15, 0.2) is 42.5 Å². The molecule has 19 heavy (non-hydrogen) atoms. The third-order valence-electron chi connectivity index (χ3n) is 3.31. The van der Waals surface area contributed by atoms with Gasteiger partial charge in [-0.05, 0) is 49.2 Å². The molecule has 0 aliphatic carbocycles. The number of aryl methyl sites for hydroxylation is 1. The smallest absolute Gasteiger partial charge is 0.0439 e. The molecule has 0 aliphatic rings. The molecule has 0 heterocycles. The van der Waals surface area contributed by atoms with Gasteiger partial charge < -0.3 is 5.73 Å². The summed E-state index contributed by atoms with van der Waals surface area (Å²) in [6, 6.07) is 14.0. The number of hydrogen-bond acceptors (Lipinski definition) is 1. The predicted molar refractivity (Wildman–Crippen MR) is 83.1 cm³/mol. The van der Waals surface area contributed by atoms with E-state index in [4.69, 9.17) is 28.9 Å². The summed E-state index contributed by atoms with van der Waals surface area (Å²) in [5.74, 6) is 0.261. The fourth-order valence-corrected chi connectivity index (χ4v) is 2.53. The van der Waals surface area contributed by atoms with E-state index in [0.29, 0.717) is 11.6 Å². The summed E-state index contributed by atoms with van der Waals surface area (Å²) < 4.78 is 0. The van der Waals surface area contributed by atoms with Crippen molar-refractivity contribution in [2.24, 2.45) is 5.73 Å². The lowest BCUT2D eigenvalue weighted by atomic mass is 9.91. The second-order valence-electron chi connectivity index (χ2n) is 4.78. The molecule has 0 aliphatic heterocycles. The van der Waals surface area contributed by atoms with Crippen molar-refractivity contribution in [3.63, 3.8) is 0 Å². The first kappa shape index (κ1) is 14.4. The zero-order valence-corrected chi connectivity index (χ0v) is 12.4. The third kappa shape index (κ3) is 3.73. The van der Waals surface area contributed by atoms with Crippen molar-refractivity contribution >= 4 is 23.2 Å². The van der Waals surface area contributed by atoms with E-state index in [0.717, 1.165) is 17.0 Å². The maximum Gasteiger partial charge on any atom is 0.0439 e. The van der Waals surface area contributed by atoms with Crippen molar-refractivity contribution < 1.29 is 0 Å². The highest BCUT2D eigenvalue weighted by Gasteiger charge is 2.13. The van der Waals surface area contributed by atoms with Gasteiger partial charge in [0.1, 0.15) is 0 Å². The minimum atomic E-state index is 0.261. The number of halogens is 2. The molecule has 0 spiro atoms. The summed E-state index contributed by atoms with van der Waals surface area (Å²) in [5.41, 5.74) is 9.44. The van der Waals surface area contributed by atoms with Gasteiger partial charge in [-0.25, -0.2) is 0 Å². The van der Waals surface area contributed by atoms with Crippen LogP contribution in [0, 0.1) is 6.92 Å². The van der Waals surface area contributed by atoms with Crippen molar-refractivity contribution in [2.45, 2.75) is 19.3 Å². The summed E-state index contributed by atoms with van der Waals surface area (Å²) in [6.45, 7) is 2.67. The summed E-state index contributed by atoms with van der Waals surface area (Å²) >= 11 is 12.2. The Morgan fingerprint density at radius 2 is 1.74 bits per heavy atom. The fourth-order valence-electron chi connectivity index (χ4n) is 2.14. The molecule has 0 bridgehead atoms. The Hall–Kier alpha value is -1.02. The monoisotopic (exact) mass is 293 g/mol. The van der Waals surface area contributed by atoms with Crippen molar-refractivity contribution in [2.75, 3.05) is 6.54 Å². The van der Waals surface area contributed by atoms with Crippen molar-refractivity contribution in [3.05, 3.63) is 69.2 Å². The van der Waals surface area contributed by atoms with Crippen LogP contribution in [0.2, 0.25) is 10.0 Å². The van der Waals surface area contributed by atoms with E-state index < -0.39 is 0 Å². The minimum absolute atomic E-state index is 0.261. The Balaban J connectivity index is 2.23. The molecule has 1 nitrogen and oxygen atoms in total. The molecule has 0 saturated heterocycles. The highest BCUT2D eigenvalue weighted by atomic mass is 35.5. The average molecular weight is 294 g/mol. The number of rotatable bonds is 4. The molecule has 0 fully saturated rings. The standard InChI is InChI=1S/C16H17Cl2N/c1-11-2-4-12(5-3-11)14(10-19)8-13-9-15(17)6-7-16(13)18/h2-7,9,14H,8,10,19H2,1H3. The second-order valence-corrected chi connectivity index (χ2v) is 5.63. The Kier molecular flexibility index (Phi) is 4.87. The van der Waals surface area contributed by atoms with Crippen molar-refractivity contribution in [3.8, 4) is 0 Å². The van der Waals surface area contributed by atoms with E-state index in [9.17, 15) is 0 Å². The first-order valence-corrected chi connectivity index (χ1v) is 7.06. The Morgan fingerprint density at radius 1 is 1.05 bits per heavy atom. The number of benzene rings is 2. The first-order chi connectivity index (χ1) is 9.10. The highest BCUT2D eigenvalue weighted by Crippen LogP contribution is 2.27. The van der Waals surface area contributed by atoms with E-state index in [2.05, 4.69) is 31.2 Å². The van der Waals surface area contributed by atoms with E-state index in [1.54, 1.807) is 6.07 Å². The Bertz CT molecular complexity index is 549. The number of nitrogens with two attached hydrogens (primary N) is 1. The van der Waals surface area contributed by atoms with E-state index in [-0.39, 0.29) is 5.92 Å². The van der Waals surface area contributed by atoms with Gasteiger partial charge in [-0.15, -0.1) is 0 Å². The molecule has 0 radical (unpaired) electrons. The average Bonchev–Trinajstić information content (AvgIpc) is 2.41. The SMILES string of the molecule is Cc1ccc(C(CN)Cc2cc(Cl)ccc2Cl)cc1. The van der Waals surface area contributed by atoms with Crippen LogP contribution >= 0.6 is 23.2 Å². The normalized spacial score (nSPS) is 12.4.